The van der Waals surface area contributed by atoms with Gasteiger partial charge in [0.2, 0.25) is 0 Å². The van der Waals surface area contributed by atoms with Crippen molar-refractivity contribution in [3.8, 4) is 11.5 Å². The minimum Gasteiger partial charge on any atom is -0.504 e. The normalized spacial score (nSPS) is 18.6. The van der Waals surface area contributed by atoms with Crippen molar-refractivity contribution in [2.24, 2.45) is 0 Å². The Kier molecular flexibility index (Phi) is 1.51. The summed E-state index contributed by atoms with van der Waals surface area (Å²) in [6.07, 6.45) is 1.07. The van der Waals surface area contributed by atoms with Gasteiger partial charge in [-0.25, -0.2) is 4.39 Å². The summed E-state index contributed by atoms with van der Waals surface area (Å²) in [5, 5.41) is 27.9. The molecule has 1 aliphatic rings. The molecule has 1 aromatic rings. The first-order valence-electron chi connectivity index (χ1n) is 3.98. The van der Waals surface area contributed by atoms with E-state index in [1.807, 2.05) is 0 Å². The Morgan fingerprint density at radius 1 is 1.15 bits per heavy atom. The van der Waals surface area contributed by atoms with Crippen LogP contribution < -0.4 is 0 Å². The third kappa shape index (κ3) is 1.14. The Morgan fingerprint density at radius 2 is 1.77 bits per heavy atom. The Hall–Kier alpha value is -1.29. The van der Waals surface area contributed by atoms with Gasteiger partial charge in [-0.05, 0) is 25.0 Å². The van der Waals surface area contributed by atoms with E-state index in [-0.39, 0.29) is 5.56 Å². The molecule has 0 saturated heterocycles. The van der Waals surface area contributed by atoms with Crippen molar-refractivity contribution in [3.63, 3.8) is 0 Å². The zero-order chi connectivity index (χ0) is 9.64. The maximum Gasteiger partial charge on any atom is 0.194 e. The fraction of sp³-hybridized carbons (Fsp3) is 0.333. The number of rotatable bonds is 1. The zero-order valence-corrected chi connectivity index (χ0v) is 6.79. The van der Waals surface area contributed by atoms with Gasteiger partial charge in [-0.15, -0.1) is 0 Å². The zero-order valence-electron chi connectivity index (χ0n) is 6.79. The maximum absolute atomic E-state index is 12.7. The molecule has 0 heterocycles. The number of hydrogen-bond donors (Lipinski definition) is 3. The smallest absolute Gasteiger partial charge is 0.194 e. The van der Waals surface area contributed by atoms with Gasteiger partial charge in [-0.1, -0.05) is 0 Å². The molecule has 0 aromatic heterocycles. The lowest BCUT2D eigenvalue weighted by atomic mass is 10.1. The molecule has 1 aromatic carbocycles. The highest BCUT2D eigenvalue weighted by molar-refractivity contribution is 5.49. The quantitative estimate of drug-likeness (QED) is 0.575. The van der Waals surface area contributed by atoms with Crippen LogP contribution in [0.5, 0.6) is 11.5 Å². The van der Waals surface area contributed by atoms with Gasteiger partial charge in [0.05, 0.1) is 5.60 Å². The number of hydrogen-bond acceptors (Lipinski definition) is 3. The van der Waals surface area contributed by atoms with Gasteiger partial charge in [0.1, 0.15) is 0 Å². The van der Waals surface area contributed by atoms with Gasteiger partial charge >= 0.3 is 0 Å². The first kappa shape index (κ1) is 8.31. The van der Waals surface area contributed by atoms with Crippen molar-refractivity contribution < 1.29 is 19.7 Å². The van der Waals surface area contributed by atoms with Gasteiger partial charge in [-0.2, -0.15) is 0 Å². The molecule has 0 unspecified atom stereocenters. The monoisotopic (exact) mass is 184 g/mol. The van der Waals surface area contributed by atoms with Crippen molar-refractivity contribution in [2.75, 3.05) is 0 Å². The van der Waals surface area contributed by atoms with Gasteiger partial charge in [-0.3, -0.25) is 0 Å². The number of phenols is 2. The van der Waals surface area contributed by atoms with E-state index in [0.29, 0.717) is 12.8 Å². The summed E-state index contributed by atoms with van der Waals surface area (Å²) in [5.74, 6) is -2.23. The second-order valence-electron chi connectivity index (χ2n) is 3.32. The van der Waals surface area contributed by atoms with Crippen LogP contribution in [0.1, 0.15) is 18.4 Å². The van der Waals surface area contributed by atoms with Gasteiger partial charge in [0, 0.05) is 5.56 Å². The molecule has 3 N–H and O–H groups in total. The molecule has 1 saturated carbocycles. The van der Waals surface area contributed by atoms with Crippen LogP contribution in [0.2, 0.25) is 0 Å². The van der Waals surface area contributed by atoms with E-state index in [1.54, 1.807) is 0 Å². The van der Waals surface area contributed by atoms with Crippen LogP contribution in [0.15, 0.2) is 12.1 Å². The number of halogens is 1. The second kappa shape index (κ2) is 2.35. The van der Waals surface area contributed by atoms with Crippen LogP contribution >= 0.6 is 0 Å². The van der Waals surface area contributed by atoms with Crippen LogP contribution in [0.4, 0.5) is 4.39 Å². The minimum absolute atomic E-state index is 0.200. The fourth-order valence-electron chi connectivity index (χ4n) is 1.32. The van der Waals surface area contributed by atoms with E-state index in [9.17, 15) is 14.6 Å². The van der Waals surface area contributed by atoms with Crippen LogP contribution in [0.3, 0.4) is 0 Å². The highest BCUT2D eigenvalue weighted by Gasteiger charge is 2.44. The molecule has 0 bridgehead atoms. The van der Waals surface area contributed by atoms with Crippen LogP contribution in [-0.4, -0.2) is 15.3 Å². The van der Waals surface area contributed by atoms with Crippen molar-refractivity contribution in [1.82, 2.24) is 0 Å². The standard InChI is InChI=1S/C9H9FO3/c10-6-2-1-5(7(11)8(6)12)9(13)3-4-9/h1-2,11-13H,3-4H2. The molecule has 0 spiro atoms. The lowest BCUT2D eigenvalue weighted by Gasteiger charge is -2.11. The molecule has 13 heavy (non-hydrogen) atoms. The predicted molar refractivity (Wildman–Crippen MR) is 42.9 cm³/mol. The molecule has 1 fully saturated rings. The van der Waals surface area contributed by atoms with Gasteiger partial charge in [0.15, 0.2) is 17.3 Å². The molecule has 0 amide bonds. The SMILES string of the molecule is Oc1c(F)ccc(C2(O)CC2)c1O. The summed E-state index contributed by atoms with van der Waals surface area (Å²) in [5.41, 5.74) is -0.860. The number of benzene rings is 1. The first-order chi connectivity index (χ1) is 6.04. The van der Waals surface area contributed by atoms with E-state index in [0.717, 1.165) is 6.07 Å². The third-order valence-electron chi connectivity index (χ3n) is 2.33. The lowest BCUT2D eigenvalue weighted by Crippen LogP contribution is -2.04. The molecule has 4 heteroatoms. The fourth-order valence-corrected chi connectivity index (χ4v) is 1.32. The molecular formula is C9H9FO3. The van der Waals surface area contributed by atoms with Crippen molar-refractivity contribution >= 4 is 0 Å². The molecule has 1 aliphatic carbocycles. The minimum atomic E-state index is -1.06. The van der Waals surface area contributed by atoms with E-state index in [4.69, 9.17) is 5.11 Å². The predicted octanol–water partition coefficient (Wildman–Crippen LogP) is 1.22. The van der Waals surface area contributed by atoms with Crippen molar-refractivity contribution in [3.05, 3.63) is 23.5 Å². The van der Waals surface area contributed by atoms with Gasteiger partial charge in [0.25, 0.3) is 0 Å². The van der Waals surface area contributed by atoms with E-state index in [1.165, 1.54) is 6.07 Å². The molecule has 0 radical (unpaired) electrons. The average Bonchev–Trinajstić information content (AvgIpc) is 2.80. The first-order valence-corrected chi connectivity index (χ1v) is 3.98. The lowest BCUT2D eigenvalue weighted by molar-refractivity contribution is 0.146. The summed E-state index contributed by atoms with van der Waals surface area (Å²) in [7, 11) is 0. The van der Waals surface area contributed by atoms with Gasteiger partial charge < -0.3 is 15.3 Å². The summed E-state index contributed by atoms with van der Waals surface area (Å²) < 4.78 is 12.7. The summed E-state index contributed by atoms with van der Waals surface area (Å²) in [6, 6.07) is 2.32. The van der Waals surface area contributed by atoms with Crippen LogP contribution in [0.25, 0.3) is 0 Å². The molecule has 2 rings (SSSR count). The molecule has 0 atom stereocenters. The van der Waals surface area contributed by atoms with E-state index < -0.39 is 22.9 Å². The molecule has 0 aliphatic heterocycles. The van der Waals surface area contributed by atoms with Crippen molar-refractivity contribution in [2.45, 2.75) is 18.4 Å². The maximum atomic E-state index is 12.7. The highest BCUT2D eigenvalue weighted by Crippen LogP contribution is 2.50. The number of aromatic hydroxyl groups is 2. The Bertz CT molecular complexity index is 358. The third-order valence-corrected chi connectivity index (χ3v) is 2.33. The average molecular weight is 184 g/mol. The summed E-state index contributed by atoms with van der Waals surface area (Å²) >= 11 is 0. The summed E-state index contributed by atoms with van der Waals surface area (Å²) in [6.45, 7) is 0. The van der Waals surface area contributed by atoms with E-state index in [2.05, 4.69) is 0 Å². The number of phenolic OH excluding ortho intramolecular Hbond substituents is 2. The summed E-state index contributed by atoms with van der Waals surface area (Å²) in [4.78, 5) is 0. The largest absolute Gasteiger partial charge is 0.504 e. The van der Waals surface area contributed by atoms with E-state index >= 15 is 0 Å². The topological polar surface area (TPSA) is 60.7 Å². The molecule has 70 valence electrons. The Labute approximate surface area is 74.1 Å². The van der Waals surface area contributed by atoms with Crippen LogP contribution in [0, 0.1) is 5.82 Å². The van der Waals surface area contributed by atoms with Crippen LogP contribution in [-0.2, 0) is 5.60 Å². The Morgan fingerprint density at radius 3 is 2.31 bits per heavy atom. The molecule has 3 nitrogen and oxygen atoms in total. The number of aliphatic hydroxyl groups is 1. The van der Waals surface area contributed by atoms with Crippen molar-refractivity contribution in [1.29, 1.82) is 0 Å². The highest BCUT2D eigenvalue weighted by atomic mass is 19.1. The molecular weight excluding hydrogens is 175 g/mol. The second-order valence-corrected chi connectivity index (χ2v) is 3.32. The Balaban J connectivity index is 2.54.